The van der Waals surface area contributed by atoms with Crippen molar-refractivity contribution < 1.29 is 9.59 Å². The van der Waals surface area contributed by atoms with E-state index < -0.39 is 0 Å². The van der Waals surface area contributed by atoms with Crippen molar-refractivity contribution in [1.29, 1.82) is 0 Å². The van der Waals surface area contributed by atoms with Gasteiger partial charge in [-0.15, -0.1) is 0 Å². The Hall–Kier alpha value is -3.01. The van der Waals surface area contributed by atoms with E-state index in [0.29, 0.717) is 16.9 Å². The highest BCUT2D eigenvalue weighted by molar-refractivity contribution is 6.36. The monoisotopic (exact) mass is 300 g/mol. The molecule has 0 N–H and O–H groups in total. The van der Waals surface area contributed by atoms with Gasteiger partial charge in [-0.1, -0.05) is 18.2 Å². The van der Waals surface area contributed by atoms with Crippen LogP contribution in [0.5, 0.6) is 0 Å². The number of hydrogen-bond donors (Lipinski definition) is 0. The summed E-state index contributed by atoms with van der Waals surface area (Å²) in [4.78, 5) is 31.2. The molecule has 23 heavy (non-hydrogen) atoms. The fourth-order valence-corrected chi connectivity index (χ4v) is 3.71. The smallest absolute Gasteiger partial charge is 0.267 e. The quantitative estimate of drug-likeness (QED) is 0.649. The van der Waals surface area contributed by atoms with Gasteiger partial charge >= 0.3 is 0 Å². The predicted molar refractivity (Wildman–Crippen MR) is 86.7 cm³/mol. The van der Waals surface area contributed by atoms with Gasteiger partial charge in [-0.2, -0.15) is 0 Å². The Labute approximate surface area is 132 Å². The summed E-state index contributed by atoms with van der Waals surface area (Å²) in [6.07, 6.45) is 3.53. The number of amides is 2. The molecule has 0 atom stereocenters. The number of benzene rings is 2. The van der Waals surface area contributed by atoms with Crippen LogP contribution in [0, 0.1) is 0 Å². The first-order valence-corrected chi connectivity index (χ1v) is 7.63. The van der Waals surface area contributed by atoms with Crippen molar-refractivity contribution in [2.24, 2.45) is 0 Å². The van der Waals surface area contributed by atoms with Gasteiger partial charge in [0.05, 0.1) is 0 Å². The molecule has 0 saturated carbocycles. The van der Waals surface area contributed by atoms with Crippen molar-refractivity contribution in [1.82, 2.24) is 4.98 Å². The van der Waals surface area contributed by atoms with Crippen LogP contribution in [-0.2, 0) is 12.8 Å². The minimum Gasteiger partial charge on any atom is -0.268 e. The van der Waals surface area contributed by atoms with Crippen LogP contribution >= 0.6 is 0 Å². The number of nitrogens with zero attached hydrogens (tertiary/aromatic N) is 2. The Balaban J connectivity index is 1.83. The van der Waals surface area contributed by atoms with Gasteiger partial charge in [0.25, 0.3) is 11.8 Å². The van der Waals surface area contributed by atoms with Crippen LogP contribution in [0.15, 0.2) is 48.7 Å². The molecule has 2 aliphatic rings. The maximum Gasteiger partial charge on any atom is 0.267 e. The molecule has 110 valence electrons. The zero-order valence-electron chi connectivity index (χ0n) is 12.2. The molecule has 0 saturated heterocycles. The Kier molecular flexibility index (Phi) is 2.32. The van der Waals surface area contributed by atoms with Gasteiger partial charge in [0.15, 0.2) is 0 Å². The van der Waals surface area contributed by atoms with E-state index in [1.165, 1.54) is 16.0 Å². The van der Waals surface area contributed by atoms with Gasteiger partial charge in [0, 0.05) is 22.7 Å². The molecule has 0 radical (unpaired) electrons. The number of hydrogen-bond acceptors (Lipinski definition) is 3. The summed E-state index contributed by atoms with van der Waals surface area (Å²) < 4.78 is 0. The van der Waals surface area contributed by atoms with Crippen molar-refractivity contribution in [3.05, 3.63) is 70.9 Å². The van der Waals surface area contributed by atoms with Crippen LogP contribution in [-0.4, -0.2) is 16.8 Å². The van der Waals surface area contributed by atoms with Crippen molar-refractivity contribution in [3.63, 3.8) is 0 Å². The predicted octanol–water partition coefficient (Wildman–Crippen LogP) is 3.13. The van der Waals surface area contributed by atoms with E-state index in [4.69, 9.17) is 0 Å². The number of carbonyl (C=O) groups is 2. The molecule has 0 bridgehead atoms. The van der Waals surface area contributed by atoms with E-state index in [0.717, 1.165) is 23.6 Å². The molecular formula is C19H12N2O2. The highest BCUT2D eigenvalue weighted by atomic mass is 16.2. The van der Waals surface area contributed by atoms with Gasteiger partial charge in [-0.05, 0) is 53.6 Å². The molecule has 4 heteroatoms. The van der Waals surface area contributed by atoms with Crippen LogP contribution < -0.4 is 4.90 Å². The second-order valence-corrected chi connectivity index (χ2v) is 5.93. The fraction of sp³-hybridized carbons (Fsp3) is 0.105. The standard InChI is InChI=1S/C19H12N2O2/c22-18-13-8-6-11-4-5-12-7-9-14(17(13)16(11)12)19(23)21(18)15-3-1-2-10-20-15/h1-3,6-10H,4-5H2. The molecule has 0 spiro atoms. The molecule has 2 amide bonds. The van der Waals surface area contributed by atoms with E-state index >= 15 is 0 Å². The lowest BCUT2D eigenvalue weighted by Gasteiger charge is -2.26. The van der Waals surface area contributed by atoms with Gasteiger partial charge in [-0.25, -0.2) is 9.88 Å². The van der Waals surface area contributed by atoms with Crippen LogP contribution in [0.4, 0.5) is 5.82 Å². The van der Waals surface area contributed by atoms with Gasteiger partial charge in [-0.3, -0.25) is 9.59 Å². The van der Waals surface area contributed by atoms with E-state index in [2.05, 4.69) is 4.98 Å². The first kappa shape index (κ1) is 12.5. The number of carbonyl (C=O) groups excluding carboxylic acids is 2. The fourth-order valence-electron chi connectivity index (χ4n) is 3.71. The summed E-state index contributed by atoms with van der Waals surface area (Å²) >= 11 is 0. The molecule has 5 rings (SSSR count). The molecule has 4 nitrogen and oxygen atoms in total. The lowest BCUT2D eigenvalue weighted by atomic mass is 9.91. The van der Waals surface area contributed by atoms with Crippen LogP contribution in [0.2, 0.25) is 0 Å². The molecule has 3 aromatic rings. The van der Waals surface area contributed by atoms with E-state index in [-0.39, 0.29) is 11.8 Å². The highest BCUT2D eigenvalue weighted by Crippen LogP contribution is 2.39. The summed E-state index contributed by atoms with van der Waals surface area (Å²) in [5, 5.41) is 1.92. The molecule has 1 aliphatic heterocycles. The first-order chi connectivity index (χ1) is 11.3. The topological polar surface area (TPSA) is 50.3 Å². The third kappa shape index (κ3) is 1.52. The average Bonchev–Trinajstić information content (AvgIpc) is 3.01. The Morgan fingerprint density at radius 2 is 1.43 bits per heavy atom. The van der Waals surface area contributed by atoms with Crippen molar-refractivity contribution in [2.75, 3.05) is 4.90 Å². The van der Waals surface area contributed by atoms with E-state index in [1.807, 2.05) is 24.3 Å². The van der Waals surface area contributed by atoms with Gasteiger partial charge in [0.2, 0.25) is 0 Å². The molecule has 0 unspecified atom stereocenters. The number of rotatable bonds is 1. The summed E-state index contributed by atoms with van der Waals surface area (Å²) in [7, 11) is 0. The van der Waals surface area contributed by atoms with Crippen molar-refractivity contribution >= 4 is 28.4 Å². The average molecular weight is 300 g/mol. The molecule has 1 aliphatic carbocycles. The summed E-state index contributed by atoms with van der Waals surface area (Å²) in [6, 6.07) is 12.9. The van der Waals surface area contributed by atoms with Crippen molar-refractivity contribution in [2.45, 2.75) is 12.8 Å². The lowest BCUT2D eigenvalue weighted by molar-refractivity contribution is 0.0892. The third-order valence-electron chi connectivity index (χ3n) is 4.74. The van der Waals surface area contributed by atoms with E-state index in [1.54, 1.807) is 24.4 Å². The van der Waals surface area contributed by atoms with E-state index in [9.17, 15) is 9.59 Å². The van der Waals surface area contributed by atoms with Gasteiger partial charge in [0.1, 0.15) is 5.82 Å². The molecular weight excluding hydrogens is 288 g/mol. The number of aryl methyl sites for hydroxylation is 2. The van der Waals surface area contributed by atoms with Crippen LogP contribution in [0.3, 0.4) is 0 Å². The van der Waals surface area contributed by atoms with Crippen LogP contribution in [0.25, 0.3) is 10.8 Å². The second-order valence-electron chi connectivity index (χ2n) is 5.93. The summed E-state index contributed by atoms with van der Waals surface area (Å²) in [6.45, 7) is 0. The first-order valence-electron chi connectivity index (χ1n) is 7.63. The third-order valence-corrected chi connectivity index (χ3v) is 4.74. The normalized spacial score (nSPS) is 15.6. The van der Waals surface area contributed by atoms with Gasteiger partial charge < -0.3 is 0 Å². The molecule has 2 heterocycles. The van der Waals surface area contributed by atoms with Crippen molar-refractivity contribution in [3.8, 4) is 0 Å². The largest absolute Gasteiger partial charge is 0.268 e. The molecule has 0 fully saturated rings. The molecule has 1 aromatic heterocycles. The Morgan fingerprint density at radius 3 is 2.00 bits per heavy atom. The zero-order valence-corrected chi connectivity index (χ0v) is 12.2. The maximum absolute atomic E-state index is 12.9. The number of pyridine rings is 1. The SMILES string of the molecule is O=C1c2ccc3c4c(ccc(c24)C(=O)N1c1ccccn1)CC3. The second kappa shape index (κ2) is 4.26. The molecule has 2 aromatic carbocycles. The maximum atomic E-state index is 12.9. The summed E-state index contributed by atoms with van der Waals surface area (Å²) in [5.41, 5.74) is 3.64. The lowest BCUT2D eigenvalue weighted by Crippen LogP contribution is -2.41. The number of imide groups is 1. The number of aromatic nitrogens is 1. The zero-order chi connectivity index (χ0) is 15.6. The minimum atomic E-state index is -0.295. The Bertz CT molecular complexity index is 950. The van der Waals surface area contributed by atoms with Crippen LogP contribution in [0.1, 0.15) is 31.8 Å². The Morgan fingerprint density at radius 1 is 0.783 bits per heavy atom. The number of anilines is 1. The highest BCUT2D eigenvalue weighted by Gasteiger charge is 2.36. The summed E-state index contributed by atoms with van der Waals surface area (Å²) in [5.74, 6) is -0.224. The minimum absolute atomic E-state index is 0.295.